The minimum Gasteiger partial charge on any atom is -0.353 e. The molecule has 6 heteroatoms. The number of nitrogens with zero attached hydrogens (tertiary/aromatic N) is 3. The van der Waals surface area contributed by atoms with Crippen molar-refractivity contribution in [2.24, 2.45) is 7.05 Å². The third-order valence-electron chi connectivity index (χ3n) is 3.86. The first-order chi connectivity index (χ1) is 8.87. The van der Waals surface area contributed by atoms with Crippen LogP contribution in [0.1, 0.15) is 32.2 Å². The van der Waals surface area contributed by atoms with Gasteiger partial charge in [0, 0.05) is 26.7 Å². The van der Waals surface area contributed by atoms with Gasteiger partial charge in [0.1, 0.15) is 0 Å². The van der Waals surface area contributed by atoms with Gasteiger partial charge in [0.2, 0.25) is 5.91 Å². The van der Waals surface area contributed by atoms with Gasteiger partial charge in [0.25, 0.3) is 0 Å². The molecule has 1 fully saturated rings. The molecule has 0 aromatic carbocycles. The monoisotopic (exact) mass is 328 g/mol. The highest BCUT2D eigenvalue weighted by atomic mass is 79.9. The summed E-state index contributed by atoms with van der Waals surface area (Å²) in [6, 6.07) is 0. The van der Waals surface area contributed by atoms with E-state index in [1.807, 2.05) is 25.6 Å². The smallest absolute Gasteiger partial charge is 0.240 e. The molecule has 1 aliphatic rings. The minimum atomic E-state index is -0.478. The van der Waals surface area contributed by atoms with Gasteiger partial charge in [-0.15, -0.1) is 0 Å². The lowest BCUT2D eigenvalue weighted by Gasteiger charge is -2.41. The van der Waals surface area contributed by atoms with Crippen LogP contribution in [0.25, 0.3) is 0 Å². The van der Waals surface area contributed by atoms with Crippen molar-refractivity contribution in [3.05, 3.63) is 15.9 Å². The number of carbonyl (C=O) groups excluding carboxylic acids is 1. The van der Waals surface area contributed by atoms with Gasteiger partial charge in [-0.05, 0) is 36.2 Å². The second-order valence-corrected chi connectivity index (χ2v) is 6.21. The van der Waals surface area contributed by atoms with Crippen LogP contribution >= 0.6 is 15.9 Å². The van der Waals surface area contributed by atoms with Crippen molar-refractivity contribution in [3.63, 3.8) is 0 Å². The number of amides is 1. The molecule has 1 aliphatic heterocycles. The Bertz CT molecular complexity index is 495. The Balaban J connectivity index is 2.26. The molecule has 1 N–H and O–H groups in total. The highest BCUT2D eigenvalue weighted by Gasteiger charge is 2.38. The fraction of sp³-hybridized carbons (Fsp3) is 0.692. The van der Waals surface area contributed by atoms with Crippen LogP contribution in [-0.4, -0.2) is 39.2 Å². The molecule has 0 unspecified atom stereocenters. The molecule has 0 spiro atoms. The molecule has 0 bridgehead atoms. The molecule has 19 heavy (non-hydrogen) atoms. The Morgan fingerprint density at radius 1 is 1.47 bits per heavy atom. The van der Waals surface area contributed by atoms with Crippen LogP contribution < -0.4 is 5.32 Å². The van der Waals surface area contributed by atoms with Crippen molar-refractivity contribution >= 4 is 21.8 Å². The maximum atomic E-state index is 12.0. The summed E-state index contributed by atoms with van der Waals surface area (Å²) in [4.78, 5) is 14.2. The summed E-state index contributed by atoms with van der Waals surface area (Å²) < 4.78 is 2.98. The number of rotatable bonds is 3. The molecule has 0 saturated carbocycles. The second kappa shape index (κ2) is 5.25. The van der Waals surface area contributed by atoms with Crippen LogP contribution in [0, 0.1) is 0 Å². The second-order valence-electron chi connectivity index (χ2n) is 5.42. The lowest BCUT2D eigenvalue weighted by Crippen LogP contribution is -2.61. The average Bonchev–Trinajstić information content (AvgIpc) is 2.62. The van der Waals surface area contributed by atoms with E-state index in [0.717, 1.165) is 35.4 Å². The van der Waals surface area contributed by atoms with Crippen LogP contribution in [0.4, 0.5) is 0 Å². The Labute approximate surface area is 122 Å². The molecular weight excluding hydrogens is 308 g/mol. The molecule has 1 amide bonds. The van der Waals surface area contributed by atoms with Crippen LogP contribution in [0.15, 0.2) is 4.47 Å². The molecule has 2 rings (SSSR count). The Morgan fingerprint density at radius 3 is 2.74 bits per heavy atom. The zero-order valence-electron chi connectivity index (χ0n) is 12.0. The zero-order valence-corrected chi connectivity index (χ0v) is 13.5. The van der Waals surface area contributed by atoms with Crippen LogP contribution in [0.2, 0.25) is 0 Å². The van der Waals surface area contributed by atoms with Crippen molar-refractivity contribution in [1.29, 1.82) is 0 Å². The average molecular weight is 329 g/mol. The largest absolute Gasteiger partial charge is 0.353 e. The van der Waals surface area contributed by atoms with E-state index in [2.05, 4.69) is 38.2 Å². The van der Waals surface area contributed by atoms with E-state index >= 15 is 0 Å². The summed E-state index contributed by atoms with van der Waals surface area (Å²) in [5.74, 6) is 0.0905. The molecule has 5 nitrogen and oxygen atoms in total. The standard InChI is InChI=1S/C13H21BrN4O/c1-5-9-11(14)10(17(4)16-9)8-18-7-6-15-12(19)13(18,2)3/h5-8H2,1-4H3,(H,15,19). The number of hydrogen-bond acceptors (Lipinski definition) is 3. The van der Waals surface area contributed by atoms with Gasteiger partial charge in [0.05, 0.1) is 21.4 Å². The molecule has 1 saturated heterocycles. The molecule has 0 atom stereocenters. The van der Waals surface area contributed by atoms with E-state index in [1.165, 1.54) is 0 Å². The highest BCUT2D eigenvalue weighted by Crippen LogP contribution is 2.26. The van der Waals surface area contributed by atoms with E-state index in [4.69, 9.17) is 0 Å². The molecular formula is C13H21BrN4O. The predicted octanol–water partition coefficient (Wildman–Crippen LogP) is 1.46. The fourth-order valence-corrected chi connectivity index (χ4v) is 3.13. The summed E-state index contributed by atoms with van der Waals surface area (Å²) >= 11 is 3.63. The normalized spacial score (nSPS) is 19.5. The van der Waals surface area contributed by atoms with Crippen molar-refractivity contribution < 1.29 is 4.79 Å². The quantitative estimate of drug-likeness (QED) is 0.913. The third-order valence-corrected chi connectivity index (χ3v) is 4.77. The summed E-state index contributed by atoms with van der Waals surface area (Å²) in [5, 5.41) is 7.42. The van der Waals surface area contributed by atoms with Crippen molar-refractivity contribution in [2.45, 2.75) is 39.3 Å². The Morgan fingerprint density at radius 2 is 2.16 bits per heavy atom. The van der Waals surface area contributed by atoms with E-state index in [0.29, 0.717) is 6.54 Å². The maximum Gasteiger partial charge on any atom is 0.240 e. The summed E-state index contributed by atoms with van der Waals surface area (Å²) in [6.45, 7) is 8.31. The topological polar surface area (TPSA) is 50.2 Å². The first-order valence-corrected chi connectivity index (χ1v) is 7.40. The first-order valence-electron chi connectivity index (χ1n) is 6.61. The van der Waals surface area contributed by atoms with Crippen LogP contribution in [-0.2, 0) is 24.8 Å². The number of aryl methyl sites for hydroxylation is 2. The summed E-state index contributed by atoms with van der Waals surface area (Å²) in [7, 11) is 1.95. The maximum absolute atomic E-state index is 12.0. The fourth-order valence-electron chi connectivity index (χ4n) is 2.39. The summed E-state index contributed by atoms with van der Waals surface area (Å²) in [5.41, 5.74) is 1.71. The number of hydrogen-bond donors (Lipinski definition) is 1. The molecule has 1 aromatic heterocycles. The number of aromatic nitrogens is 2. The highest BCUT2D eigenvalue weighted by molar-refractivity contribution is 9.10. The van der Waals surface area contributed by atoms with Gasteiger partial charge >= 0.3 is 0 Å². The zero-order chi connectivity index (χ0) is 14.2. The van der Waals surface area contributed by atoms with E-state index in [9.17, 15) is 4.79 Å². The van der Waals surface area contributed by atoms with E-state index < -0.39 is 5.54 Å². The van der Waals surface area contributed by atoms with Gasteiger partial charge in [-0.3, -0.25) is 14.4 Å². The summed E-state index contributed by atoms with van der Waals surface area (Å²) in [6.07, 6.45) is 0.901. The van der Waals surface area contributed by atoms with E-state index in [-0.39, 0.29) is 5.91 Å². The van der Waals surface area contributed by atoms with Crippen LogP contribution in [0.3, 0.4) is 0 Å². The Hall–Kier alpha value is -0.880. The van der Waals surface area contributed by atoms with E-state index in [1.54, 1.807) is 0 Å². The third kappa shape index (κ3) is 2.56. The van der Waals surface area contributed by atoms with Gasteiger partial charge in [-0.1, -0.05) is 6.92 Å². The molecule has 2 heterocycles. The molecule has 106 valence electrons. The lowest BCUT2D eigenvalue weighted by atomic mass is 9.98. The van der Waals surface area contributed by atoms with Gasteiger partial charge < -0.3 is 5.32 Å². The van der Waals surface area contributed by atoms with Gasteiger partial charge in [-0.2, -0.15) is 5.10 Å². The minimum absolute atomic E-state index is 0.0905. The molecule has 0 radical (unpaired) electrons. The van der Waals surface area contributed by atoms with Crippen molar-refractivity contribution in [1.82, 2.24) is 20.0 Å². The molecule has 1 aromatic rings. The Kier molecular flexibility index (Phi) is 4.01. The van der Waals surface area contributed by atoms with Crippen molar-refractivity contribution in [2.75, 3.05) is 13.1 Å². The molecule has 0 aliphatic carbocycles. The van der Waals surface area contributed by atoms with Crippen molar-refractivity contribution in [3.8, 4) is 0 Å². The number of piperazine rings is 1. The first kappa shape index (κ1) is 14.5. The predicted molar refractivity (Wildman–Crippen MR) is 77.8 cm³/mol. The SMILES string of the molecule is CCc1nn(C)c(CN2CCNC(=O)C2(C)C)c1Br. The van der Waals surface area contributed by atoms with Gasteiger partial charge in [0.15, 0.2) is 0 Å². The number of halogens is 1. The lowest BCUT2D eigenvalue weighted by molar-refractivity contribution is -0.135. The number of carbonyl (C=O) groups is 1. The van der Waals surface area contributed by atoms with Crippen LogP contribution in [0.5, 0.6) is 0 Å². The van der Waals surface area contributed by atoms with Gasteiger partial charge in [-0.25, -0.2) is 0 Å². The number of nitrogens with one attached hydrogen (secondary N) is 1.